The van der Waals surface area contributed by atoms with E-state index in [4.69, 9.17) is 14.7 Å². The Labute approximate surface area is 264 Å². The van der Waals surface area contributed by atoms with Crippen LogP contribution >= 0.6 is 23.1 Å². The molecular formula is C33H48N4O4S2. The molecule has 2 bridgehead atoms. The minimum atomic E-state index is -0.680. The van der Waals surface area contributed by atoms with Gasteiger partial charge in [0.1, 0.15) is 22.5 Å². The first-order valence-corrected chi connectivity index (χ1v) is 17.4. The number of aliphatic hydroxyl groups excluding tert-OH is 1. The Morgan fingerprint density at radius 2 is 1.98 bits per heavy atom. The van der Waals surface area contributed by atoms with Gasteiger partial charge in [0, 0.05) is 43.3 Å². The number of hydrogen-bond acceptors (Lipinski definition) is 10. The Morgan fingerprint density at radius 3 is 2.67 bits per heavy atom. The van der Waals surface area contributed by atoms with Gasteiger partial charge in [-0.2, -0.15) is 0 Å². The molecular weight excluding hydrogens is 581 g/mol. The lowest BCUT2D eigenvalue weighted by Gasteiger charge is -2.61. The highest BCUT2D eigenvalue weighted by Gasteiger charge is 2.68. The number of thiophene rings is 1. The number of esters is 1. The van der Waals surface area contributed by atoms with Gasteiger partial charge in [-0.3, -0.25) is 9.59 Å². The third-order valence-electron chi connectivity index (χ3n) is 11.4. The van der Waals surface area contributed by atoms with E-state index in [9.17, 15) is 14.7 Å². The highest BCUT2D eigenvalue weighted by Crippen LogP contribution is 2.68. The Hall–Kier alpha value is -2.01. The molecule has 236 valence electrons. The van der Waals surface area contributed by atoms with Crippen LogP contribution in [0.4, 0.5) is 5.82 Å². The number of fused-ring (bicyclic) bond motifs is 1. The van der Waals surface area contributed by atoms with Crippen molar-refractivity contribution in [2.45, 2.75) is 77.2 Å². The first kappa shape index (κ1) is 32.4. The molecule has 0 spiro atoms. The molecule has 0 unspecified atom stereocenters. The predicted octanol–water partition coefficient (Wildman–Crippen LogP) is 5.69. The number of ketones is 1. The maximum absolute atomic E-state index is 13.6. The number of likely N-dealkylation sites (N-methyl/N-ethyl adjacent to an activating group) is 2. The van der Waals surface area contributed by atoms with Gasteiger partial charge in [-0.1, -0.05) is 45.5 Å². The summed E-state index contributed by atoms with van der Waals surface area (Å²) in [6, 6.07) is 2.04. The van der Waals surface area contributed by atoms with Crippen LogP contribution in [0.15, 0.2) is 29.3 Å². The standard InChI is InChI=1S/C33H48N4O4S2/c1-9-31(4)18-24(32(5)20(2)10-13-33(21(3)27(31)40)14-11-23(38)26(32)33)41-25(39)19-43-30-34-28(37(8)16-15-36(6)7)22-12-17-42-29(22)35-30/h9,12,17,20-21,24,26-27,40H,1,10-11,13-16,18-19H2,2-8H3/t20-,21+,24-,26+,27+,31-,32+,33+/m1/s1. The van der Waals surface area contributed by atoms with E-state index in [2.05, 4.69) is 37.1 Å². The average Bonchev–Trinajstić information content (AvgIpc) is 3.59. The predicted molar refractivity (Wildman–Crippen MR) is 175 cm³/mol. The molecule has 3 aliphatic rings. The molecule has 10 heteroatoms. The fourth-order valence-electron chi connectivity index (χ4n) is 8.45. The summed E-state index contributed by atoms with van der Waals surface area (Å²) in [5.74, 6) is 0.726. The van der Waals surface area contributed by atoms with E-state index >= 15 is 0 Å². The molecule has 5 rings (SSSR count). The van der Waals surface area contributed by atoms with Crippen LogP contribution in [-0.4, -0.2) is 83.9 Å². The zero-order valence-corrected chi connectivity index (χ0v) is 28.4. The van der Waals surface area contributed by atoms with E-state index in [0.717, 1.165) is 48.4 Å². The lowest BCUT2D eigenvalue weighted by Crippen LogP contribution is -2.63. The van der Waals surface area contributed by atoms with Crippen LogP contribution in [0.3, 0.4) is 0 Å². The van der Waals surface area contributed by atoms with E-state index < -0.39 is 23.0 Å². The van der Waals surface area contributed by atoms with Gasteiger partial charge >= 0.3 is 5.97 Å². The van der Waals surface area contributed by atoms with Crippen molar-refractivity contribution >= 4 is 50.9 Å². The van der Waals surface area contributed by atoms with Crippen LogP contribution in [0.2, 0.25) is 0 Å². The van der Waals surface area contributed by atoms with Gasteiger partial charge in [0.05, 0.1) is 17.2 Å². The van der Waals surface area contributed by atoms with Crippen molar-refractivity contribution in [1.29, 1.82) is 0 Å². The molecule has 2 aromatic rings. The quantitative estimate of drug-likeness (QED) is 0.163. The normalized spacial score (nSPS) is 35.8. The molecule has 0 aliphatic heterocycles. The number of hydrogen-bond donors (Lipinski definition) is 1. The van der Waals surface area contributed by atoms with Gasteiger partial charge in [0.25, 0.3) is 0 Å². The number of nitrogens with zero attached hydrogens (tertiary/aromatic N) is 4. The number of aliphatic hydroxyl groups is 1. The van der Waals surface area contributed by atoms with Crippen molar-refractivity contribution < 1.29 is 19.4 Å². The molecule has 8 atom stereocenters. The molecule has 3 fully saturated rings. The lowest BCUT2D eigenvalue weighted by molar-refractivity contribution is -0.205. The second-order valence-electron chi connectivity index (χ2n) is 14.0. The lowest BCUT2D eigenvalue weighted by atomic mass is 9.44. The number of carbonyl (C=O) groups excluding carboxylic acids is 2. The van der Waals surface area contributed by atoms with Crippen LogP contribution in [0.1, 0.15) is 59.8 Å². The molecule has 8 nitrogen and oxygen atoms in total. The Balaban J connectivity index is 1.41. The monoisotopic (exact) mass is 628 g/mol. The summed E-state index contributed by atoms with van der Waals surface area (Å²) in [7, 11) is 6.13. The SMILES string of the molecule is C=C[C@]1(C)C[C@@H](OC(=O)CSc2nc(N(C)CCN(C)C)c3ccsc3n2)[C@]2(C)[C@H](C)CC[C@]3(CCC(=O)[C@H]32)[C@@H](C)[C@@H]1O. The minimum absolute atomic E-state index is 0.0552. The molecule has 0 radical (unpaired) electrons. The second-order valence-corrected chi connectivity index (χ2v) is 15.9. The molecule has 1 N–H and O–H groups in total. The van der Waals surface area contributed by atoms with Crippen molar-refractivity contribution in [1.82, 2.24) is 14.9 Å². The maximum atomic E-state index is 13.6. The van der Waals surface area contributed by atoms with Crippen molar-refractivity contribution in [2.75, 3.05) is 44.9 Å². The first-order valence-electron chi connectivity index (χ1n) is 15.5. The third kappa shape index (κ3) is 5.55. The number of anilines is 1. The van der Waals surface area contributed by atoms with Crippen molar-refractivity contribution in [3.8, 4) is 0 Å². The Morgan fingerprint density at radius 1 is 1.23 bits per heavy atom. The largest absolute Gasteiger partial charge is 0.461 e. The topological polar surface area (TPSA) is 95.9 Å². The minimum Gasteiger partial charge on any atom is -0.461 e. The summed E-state index contributed by atoms with van der Waals surface area (Å²) in [4.78, 5) is 42.0. The van der Waals surface area contributed by atoms with E-state index in [-0.39, 0.29) is 40.7 Å². The van der Waals surface area contributed by atoms with Crippen LogP contribution in [-0.2, 0) is 14.3 Å². The number of Topliss-reactive ketones (excluding diaryl/α,β-unsaturated/α-hetero) is 1. The van der Waals surface area contributed by atoms with Crippen molar-refractivity contribution in [3.05, 3.63) is 24.1 Å². The van der Waals surface area contributed by atoms with Gasteiger partial charge in [-0.15, -0.1) is 17.9 Å². The summed E-state index contributed by atoms with van der Waals surface area (Å²) >= 11 is 2.85. The van der Waals surface area contributed by atoms with Crippen LogP contribution in [0.25, 0.3) is 10.2 Å². The molecule has 43 heavy (non-hydrogen) atoms. The first-order chi connectivity index (χ1) is 20.3. The van der Waals surface area contributed by atoms with E-state index in [1.54, 1.807) is 11.3 Å². The summed E-state index contributed by atoms with van der Waals surface area (Å²) in [6.07, 6.45) is 4.23. The maximum Gasteiger partial charge on any atom is 0.316 e. The van der Waals surface area contributed by atoms with Gasteiger partial charge in [-0.25, -0.2) is 9.97 Å². The Kier molecular flexibility index (Phi) is 9.09. The van der Waals surface area contributed by atoms with Crippen LogP contribution in [0.5, 0.6) is 0 Å². The zero-order valence-electron chi connectivity index (χ0n) is 26.8. The Bertz CT molecular complexity index is 1380. The van der Waals surface area contributed by atoms with Gasteiger partial charge < -0.3 is 19.6 Å². The van der Waals surface area contributed by atoms with E-state index in [1.807, 2.05) is 45.6 Å². The van der Waals surface area contributed by atoms with Crippen LogP contribution in [0, 0.1) is 34.0 Å². The average molecular weight is 629 g/mol. The van der Waals surface area contributed by atoms with Crippen LogP contribution < -0.4 is 4.90 Å². The highest BCUT2D eigenvalue weighted by atomic mass is 32.2. The second kappa shape index (κ2) is 12.1. The van der Waals surface area contributed by atoms with Gasteiger partial charge in [0.15, 0.2) is 5.16 Å². The number of rotatable bonds is 9. The molecule has 0 amide bonds. The van der Waals surface area contributed by atoms with Crippen molar-refractivity contribution in [3.63, 3.8) is 0 Å². The molecule has 2 heterocycles. The number of ether oxygens (including phenoxy) is 1. The fraction of sp³-hybridized carbons (Fsp3) is 0.697. The number of carbonyl (C=O) groups is 2. The third-order valence-corrected chi connectivity index (χ3v) is 13.1. The van der Waals surface area contributed by atoms with E-state index in [1.165, 1.54) is 11.8 Å². The molecule has 0 saturated heterocycles. The molecule has 3 aliphatic carbocycles. The molecule has 2 aromatic heterocycles. The zero-order chi connectivity index (χ0) is 31.3. The van der Waals surface area contributed by atoms with Crippen molar-refractivity contribution in [2.24, 2.45) is 34.0 Å². The number of thioether (sulfide) groups is 1. The van der Waals surface area contributed by atoms with Gasteiger partial charge in [0.2, 0.25) is 0 Å². The summed E-state index contributed by atoms with van der Waals surface area (Å²) in [5, 5.41) is 15.3. The molecule has 3 saturated carbocycles. The van der Waals surface area contributed by atoms with Gasteiger partial charge in [-0.05, 0) is 68.5 Å². The number of aromatic nitrogens is 2. The fourth-order valence-corrected chi connectivity index (χ4v) is 9.89. The van der Waals surface area contributed by atoms with E-state index in [0.29, 0.717) is 18.0 Å². The summed E-state index contributed by atoms with van der Waals surface area (Å²) in [6.45, 7) is 14.3. The summed E-state index contributed by atoms with van der Waals surface area (Å²) in [5.41, 5.74) is -1.47. The summed E-state index contributed by atoms with van der Waals surface area (Å²) < 4.78 is 6.42. The highest BCUT2D eigenvalue weighted by molar-refractivity contribution is 7.99. The smallest absolute Gasteiger partial charge is 0.316 e. The molecule has 0 aromatic carbocycles.